The third-order valence-electron chi connectivity index (χ3n) is 9.51. The van der Waals surface area contributed by atoms with E-state index in [1.807, 2.05) is 18.2 Å². The summed E-state index contributed by atoms with van der Waals surface area (Å²) in [7, 11) is 0. The summed E-state index contributed by atoms with van der Waals surface area (Å²) in [5.41, 5.74) is 13.8. The summed E-state index contributed by atoms with van der Waals surface area (Å²) in [6.45, 7) is 4.57. The number of hydrogen-bond donors (Lipinski definition) is 0. The molecule has 2 aromatic heterocycles. The zero-order chi connectivity index (χ0) is 30.8. The molecular weight excluding hydrogens is 560 g/mol. The van der Waals surface area contributed by atoms with Crippen molar-refractivity contribution in [3.63, 3.8) is 0 Å². The summed E-state index contributed by atoms with van der Waals surface area (Å²) in [5.74, 6) is 0.733. The van der Waals surface area contributed by atoms with Gasteiger partial charge in [0.2, 0.25) is 0 Å². The molecule has 2 heterocycles. The molecule has 0 aliphatic heterocycles. The molecule has 0 radical (unpaired) electrons. The van der Waals surface area contributed by atoms with Crippen LogP contribution in [0.3, 0.4) is 0 Å². The Labute approximate surface area is 267 Å². The maximum Gasteiger partial charge on any atom is 0.160 e. The number of fused-ring (bicyclic) bond motifs is 6. The van der Waals surface area contributed by atoms with Crippen molar-refractivity contribution in [1.82, 2.24) is 9.97 Å². The zero-order valence-electron chi connectivity index (χ0n) is 25.7. The second-order valence-corrected chi connectivity index (χ2v) is 12.6. The summed E-state index contributed by atoms with van der Waals surface area (Å²) < 4.78 is 6.36. The molecule has 0 amide bonds. The lowest BCUT2D eigenvalue weighted by Gasteiger charge is -2.24. The van der Waals surface area contributed by atoms with Crippen molar-refractivity contribution < 1.29 is 4.42 Å². The van der Waals surface area contributed by atoms with E-state index in [9.17, 15) is 0 Å². The summed E-state index contributed by atoms with van der Waals surface area (Å²) in [4.78, 5) is 10.6. The van der Waals surface area contributed by atoms with Crippen molar-refractivity contribution >= 4 is 21.9 Å². The van der Waals surface area contributed by atoms with E-state index < -0.39 is 0 Å². The van der Waals surface area contributed by atoms with E-state index in [2.05, 4.69) is 141 Å². The predicted octanol–water partition coefficient (Wildman–Crippen LogP) is 11.4. The second kappa shape index (κ2) is 10.1. The number of nitrogens with zero attached hydrogens (tertiary/aromatic N) is 2. The van der Waals surface area contributed by atoms with Gasteiger partial charge >= 0.3 is 0 Å². The van der Waals surface area contributed by atoms with Crippen molar-refractivity contribution in [2.45, 2.75) is 19.3 Å². The van der Waals surface area contributed by atoms with E-state index in [1.165, 1.54) is 27.8 Å². The molecule has 46 heavy (non-hydrogen) atoms. The minimum Gasteiger partial charge on any atom is -0.455 e. The number of rotatable bonds is 4. The smallest absolute Gasteiger partial charge is 0.160 e. The molecule has 0 fully saturated rings. The van der Waals surface area contributed by atoms with Crippen molar-refractivity contribution in [2.24, 2.45) is 0 Å². The standard InChI is InChI=1S/C43H30N2O/c1-43(2)36-17-8-6-14-35(36)40-38(43)39(44-42(45-40)31-25-19-28(20-26-31)27-11-4-3-5-12-27)30-23-21-29(22-24-30)32-15-10-16-34-33-13-7-9-18-37(33)46-41(32)34/h3-26H,1-2H3. The van der Waals surface area contributed by atoms with Crippen molar-refractivity contribution in [3.8, 4) is 56.2 Å². The monoisotopic (exact) mass is 590 g/mol. The fourth-order valence-corrected chi connectivity index (χ4v) is 7.18. The predicted molar refractivity (Wildman–Crippen MR) is 189 cm³/mol. The molecule has 0 spiro atoms. The van der Waals surface area contributed by atoms with Gasteiger partial charge in [-0.2, -0.15) is 0 Å². The van der Waals surface area contributed by atoms with Crippen molar-refractivity contribution in [3.05, 3.63) is 157 Å². The molecule has 218 valence electrons. The Morgan fingerprint density at radius 2 is 1.04 bits per heavy atom. The molecule has 0 saturated carbocycles. The van der Waals surface area contributed by atoms with Crippen LogP contribution in [0.1, 0.15) is 25.0 Å². The van der Waals surface area contributed by atoms with Gasteiger partial charge in [-0.1, -0.05) is 153 Å². The largest absolute Gasteiger partial charge is 0.455 e. The highest BCUT2D eigenvalue weighted by atomic mass is 16.3. The first kappa shape index (κ1) is 26.6. The Hall–Kier alpha value is -5.80. The van der Waals surface area contributed by atoms with E-state index in [0.717, 1.165) is 61.4 Å². The number of para-hydroxylation sites is 2. The van der Waals surface area contributed by atoms with Crippen LogP contribution < -0.4 is 0 Å². The van der Waals surface area contributed by atoms with Gasteiger partial charge in [-0.3, -0.25) is 0 Å². The molecule has 8 aromatic rings. The Kier molecular flexibility index (Phi) is 5.85. The molecule has 0 saturated heterocycles. The Bertz CT molecular complexity index is 2420. The first-order chi connectivity index (χ1) is 22.6. The number of aromatic nitrogens is 2. The average Bonchev–Trinajstić information content (AvgIpc) is 3.61. The van der Waals surface area contributed by atoms with Crippen LogP contribution in [0, 0.1) is 0 Å². The summed E-state index contributed by atoms with van der Waals surface area (Å²) in [5, 5.41) is 2.27. The quantitative estimate of drug-likeness (QED) is 0.205. The van der Waals surface area contributed by atoms with Gasteiger partial charge in [-0.25, -0.2) is 9.97 Å². The van der Waals surface area contributed by atoms with Gasteiger partial charge in [0, 0.05) is 44.0 Å². The van der Waals surface area contributed by atoms with Crippen LogP contribution >= 0.6 is 0 Å². The molecule has 0 bridgehead atoms. The van der Waals surface area contributed by atoms with Crippen LogP contribution in [-0.4, -0.2) is 9.97 Å². The molecule has 3 nitrogen and oxygen atoms in total. The van der Waals surface area contributed by atoms with Gasteiger partial charge < -0.3 is 4.42 Å². The molecule has 1 aliphatic carbocycles. The second-order valence-electron chi connectivity index (χ2n) is 12.6. The van der Waals surface area contributed by atoms with Crippen molar-refractivity contribution in [2.75, 3.05) is 0 Å². The maximum absolute atomic E-state index is 6.36. The number of benzene rings is 6. The average molecular weight is 591 g/mol. The fraction of sp³-hybridized carbons (Fsp3) is 0.0698. The third-order valence-corrected chi connectivity index (χ3v) is 9.51. The lowest BCUT2D eigenvalue weighted by atomic mass is 9.80. The molecule has 3 heteroatoms. The molecule has 0 unspecified atom stereocenters. The fourth-order valence-electron chi connectivity index (χ4n) is 7.18. The SMILES string of the molecule is CC1(C)c2ccccc2-c2nc(-c3ccc(-c4ccccc4)cc3)nc(-c3ccc(-c4cccc5c4oc4ccccc45)cc3)c21. The lowest BCUT2D eigenvalue weighted by Crippen LogP contribution is -2.17. The van der Waals surface area contributed by atoms with Crippen molar-refractivity contribution in [1.29, 1.82) is 0 Å². The summed E-state index contributed by atoms with van der Waals surface area (Å²) in [6.07, 6.45) is 0. The van der Waals surface area contributed by atoms with Crippen LogP contribution in [-0.2, 0) is 5.41 Å². The molecular formula is C43H30N2O. The topological polar surface area (TPSA) is 38.9 Å². The number of hydrogen-bond acceptors (Lipinski definition) is 3. The molecule has 0 N–H and O–H groups in total. The molecule has 9 rings (SSSR count). The van der Waals surface area contributed by atoms with Gasteiger partial charge in [0.25, 0.3) is 0 Å². The third kappa shape index (κ3) is 4.05. The van der Waals surface area contributed by atoms with Crippen LogP contribution in [0.5, 0.6) is 0 Å². The maximum atomic E-state index is 6.36. The van der Waals surface area contributed by atoms with Crippen LogP contribution in [0.15, 0.2) is 150 Å². The molecule has 6 aromatic carbocycles. The first-order valence-electron chi connectivity index (χ1n) is 15.8. The minimum atomic E-state index is -0.241. The van der Waals surface area contributed by atoms with Crippen LogP contribution in [0.4, 0.5) is 0 Å². The molecule has 1 aliphatic rings. The normalized spacial score (nSPS) is 13.2. The van der Waals surface area contributed by atoms with E-state index in [-0.39, 0.29) is 5.41 Å². The minimum absolute atomic E-state index is 0.241. The number of furan rings is 1. The van der Waals surface area contributed by atoms with Gasteiger partial charge in [0.05, 0.1) is 11.4 Å². The van der Waals surface area contributed by atoms with Gasteiger partial charge in [-0.15, -0.1) is 0 Å². The first-order valence-corrected chi connectivity index (χ1v) is 15.8. The van der Waals surface area contributed by atoms with Crippen LogP contribution in [0.2, 0.25) is 0 Å². The summed E-state index contributed by atoms with van der Waals surface area (Å²) >= 11 is 0. The van der Waals surface area contributed by atoms with E-state index >= 15 is 0 Å². The Balaban J connectivity index is 1.19. The van der Waals surface area contributed by atoms with E-state index in [4.69, 9.17) is 14.4 Å². The van der Waals surface area contributed by atoms with E-state index in [1.54, 1.807) is 0 Å². The Morgan fingerprint density at radius 3 is 1.87 bits per heavy atom. The zero-order valence-corrected chi connectivity index (χ0v) is 25.7. The Morgan fingerprint density at radius 1 is 0.457 bits per heavy atom. The van der Waals surface area contributed by atoms with Gasteiger partial charge in [0.15, 0.2) is 5.82 Å². The highest BCUT2D eigenvalue weighted by Crippen LogP contribution is 2.51. The highest BCUT2D eigenvalue weighted by molar-refractivity contribution is 6.09. The van der Waals surface area contributed by atoms with Gasteiger partial charge in [-0.05, 0) is 28.3 Å². The highest BCUT2D eigenvalue weighted by Gasteiger charge is 2.40. The lowest BCUT2D eigenvalue weighted by molar-refractivity contribution is 0.658. The van der Waals surface area contributed by atoms with Crippen LogP contribution in [0.25, 0.3) is 78.1 Å². The van der Waals surface area contributed by atoms with E-state index in [0.29, 0.717) is 0 Å². The summed E-state index contributed by atoms with van der Waals surface area (Å²) in [6, 6.07) is 51.1. The molecule has 0 atom stereocenters. The van der Waals surface area contributed by atoms with Gasteiger partial charge in [0.1, 0.15) is 11.2 Å².